The van der Waals surface area contributed by atoms with Gasteiger partial charge in [0.1, 0.15) is 10.7 Å². The largest absolute Gasteiger partial charge is 0.457 e. The molecule has 0 unspecified atom stereocenters. The quantitative estimate of drug-likeness (QED) is 0.274. The molecule has 34 heavy (non-hydrogen) atoms. The molecule has 4 rings (SSSR count). The SMILES string of the molecule is CSc1ccc(C(=O)COC(=O)CCc2nc3sc4c(c3c(=O)[nH]2)CCCC4)cc1NC(C)=O. The van der Waals surface area contributed by atoms with E-state index in [0.29, 0.717) is 22.5 Å². The minimum absolute atomic E-state index is 0.00459. The Bertz CT molecular complexity index is 1330. The van der Waals surface area contributed by atoms with Crippen LogP contribution < -0.4 is 10.9 Å². The van der Waals surface area contributed by atoms with Crippen LogP contribution >= 0.6 is 23.1 Å². The molecular formula is C24H25N3O5S2. The second-order valence-electron chi connectivity index (χ2n) is 8.08. The van der Waals surface area contributed by atoms with Crippen molar-refractivity contribution < 1.29 is 19.1 Å². The number of nitrogens with one attached hydrogen (secondary N) is 2. The third kappa shape index (κ3) is 5.39. The van der Waals surface area contributed by atoms with Crippen LogP contribution in [0.1, 0.15) is 52.8 Å². The van der Waals surface area contributed by atoms with Crippen LogP contribution in [0.5, 0.6) is 0 Å². The zero-order valence-corrected chi connectivity index (χ0v) is 20.6. The fraction of sp³-hybridized carbons (Fsp3) is 0.375. The summed E-state index contributed by atoms with van der Waals surface area (Å²) in [5.74, 6) is -0.722. The van der Waals surface area contributed by atoms with E-state index in [1.807, 2.05) is 6.26 Å². The highest BCUT2D eigenvalue weighted by atomic mass is 32.2. The summed E-state index contributed by atoms with van der Waals surface area (Å²) in [6.07, 6.45) is 6.19. The predicted octanol–water partition coefficient (Wildman–Crippen LogP) is 3.90. The van der Waals surface area contributed by atoms with Gasteiger partial charge in [-0.3, -0.25) is 19.2 Å². The van der Waals surface area contributed by atoms with Crippen molar-refractivity contribution in [2.75, 3.05) is 18.2 Å². The van der Waals surface area contributed by atoms with Gasteiger partial charge in [-0.1, -0.05) is 6.07 Å². The van der Waals surface area contributed by atoms with Gasteiger partial charge in [0.15, 0.2) is 12.4 Å². The van der Waals surface area contributed by atoms with E-state index in [4.69, 9.17) is 4.74 Å². The second kappa shape index (κ2) is 10.5. The number of thiophene rings is 1. The number of ether oxygens (including phenoxy) is 1. The van der Waals surface area contributed by atoms with Crippen LogP contribution in [0.4, 0.5) is 5.69 Å². The molecule has 0 aliphatic heterocycles. The van der Waals surface area contributed by atoms with E-state index in [-0.39, 0.29) is 30.1 Å². The average Bonchev–Trinajstić information content (AvgIpc) is 3.19. The lowest BCUT2D eigenvalue weighted by molar-refractivity contribution is -0.142. The summed E-state index contributed by atoms with van der Waals surface area (Å²) in [5, 5.41) is 3.38. The van der Waals surface area contributed by atoms with Crippen LogP contribution in [0, 0.1) is 0 Å². The summed E-state index contributed by atoms with van der Waals surface area (Å²) in [6.45, 7) is 0.991. The molecule has 0 fully saturated rings. The number of carbonyl (C=O) groups is 3. The van der Waals surface area contributed by atoms with Crippen molar-refractivity contribution in [3.8, 4) is 0 Å². The number of ketones is 1. The van der Waals surface area contributed by atoms with E-state index in [9.17, 15) is 19.2 Å². The Morgan fingerprint density at radius 3 is 2.79 bits per heavy atom. The van der Waals surface area contributed by atoms with Crippen molar-refractivity contribution >= 4 is 56.7 Å². The van der Waals surface area contributed by atoms with Crippen molar-refractivity contribution in [2.24, 2.45) is 0 Å². The lowest BCUT2D eigenvalue weighted by Crippen LogP contribution is -2.17. The number of aromatic nitrogens is 2. The summed E-state index contributed by atoms with van der Waals surface area (Å²) in [5.41, 5.74) is 1.84. The zero-order valence-electron chi connectivity index (χ0n) is 19.0. The highest BCUT2D eigenvalue weighted by Crippen LogP contribution is 2.33. The summed E-state index contributed by atoms with van der Waals surface area (Å²) >= 11 is 3.01. The molecule has 8 nitrogen and oxygen atoms in total. The number of amides is 1. The smallest absolute Gasteiger partial charge is 0.306 e. The molecule has 1 aliphatic rings. The van der Waals surface area contributed by atoms with Gasteiger partial charge in [-0.05, 0) is 49.6 Å². The molecule has 0 bridgehead atoms. The first-order valence-electron chi connectivity index (χ1n) is 11.0. The van der Waals surface area contributed by atoms with Crippen molar-refractivity contribution in [3.63, 3.8) is 0 Å². The van der Waals surface area contributed by atoms with E-state index in [2.05, 4.69) is 15.3 Å². The molecule has 10 heteroatoms. The van der Waals surface area contributed by atoms with Gasteiger partial charge < -0.3 is 15.0 Å². The maximum Gasteiger partial charge on any atom is 0.306 e. The molecule has 0 saturated carbocycles. The molecule has 2 aromatic heterocycles. The molecule has 2 N–H and O–H groups in total. The van der Waals surface area contributed by atoms with Crippen LogP contribution in [-0.4, -0.2) is 40.5 Å². The Hall–Kier alpha value is -2.98. The maximum absolute atomic E-state index is 12.6. The number of aryl methyl sites for hydroxylation is 3. The fourth-order valence-electron chi connectivity index (χ4n) is 4.02. The minimum atomic E-state index is -0.551. The van der Waals surface area contributed by atoms with Crippen molar-refractivity contribution in [1.29, 1.82) is 0 Å². The van der Waals surface area contributed by atoms with Crippen molar-refractivity contribution in [2.45, 2.75) is 50.3 Å². The van der Waals surface area contributed by atoms with Crippen LogP contribution in [0.15, 0.2) is 27.9 Å². The maximum atomic E-state index is 12.6. The first kappa shape index (κ1) is 24.2. The molecule has 3 aromatic rings. The molecule has 0 radical (unpaired) electrons. The lowest BCUT2D eigenvalue weighted by Gasteiger charge is -2.10. The van der Waals surface area contributed by atoms with Crippen LogP contribution in [0.25, 0.3) is 10.2 Å². The average molecular weight is 500 g/mol. The number of Topliss-reactive ketones (excluding diaryl/α,β-unsaturated/α-hetero) is 1. The first-order chi connectivity index (χ1) is 16.4. The molecular weight excluding hydrogens is 474 g/mol. The van der Waals surface area contributed by atoms with Gasteiger partial charge in [-0.15, -0.1) is 23.1 Å². The summed E-state index contributed by atoms with van der Waals surface area (Å²) in [6, 6.07) is 4.96. The molecule has 0 saturated heterocycles. The Morgan fingerprint density at radius 1 is 1.24 bits per heavy atom. The predicted molar refractivity (Wildman–Crippen MR) is 133 cm³/mol. The number of fused-ring (bicyclic) bond motifs is 3. The Morgan fingerprint density at radius 2 is 2.03 bits per heavy atom. The summed E-state index contributed by atoms with van der Waals surface area (Å²) in [7, 11) is 0. The topological polar surface area (TPSA) is 118 Å². The monoisotopic (exact) mass is 499 g/mol. The van der Waals surface area contributed by atoms with Gasteiger partial charge in [0, 0.05) is 28.7 Å². The first-order valence-corrected chi connectivity index (χ1v) is 13.1. The van der Waals surface area contributed by atoms with E-state index >= 15 is 0 Å². The van der Waals surface area contributed by atoms with Crippen LogP contribution in [-0.2, 0) is 33.6 Å². The molecule has 0 atom stereocenters. The van der Waals surface area contributed by atoms with E-state index in [0.717, 1.165) is 41.0 Å². The standard InChI is InChI=1S/C24H25N3O5S2/c1-13(28)25-16-11-14(7-8-19(16)33-2)17(29)12-32-21(30)10-9-20-26-23(31)22-15-5-3-4-6-18(15)34-24(22)27-20/h7-8,11H,3-6,9-10,12H2,1-2H3,(H,25,28)(H,26,27,31). The van der Waals surface area contributed by atoms with Gasteiger partial charge in [-0.2, -0.15) is 0 Å². The van der Waals surface area contributed by atoms with Crippen LogP contribution in [0.2, 0.25) is 0 Å². The van der Waals surface area contributed by atoms with Crippen molar-refractivity contribution in [1.82, 2.24) is 9.97 Å². The normalized spacial score (nSPS) is 12.9. The lowest BCUT2D eigenvalue weighted by atomic mass is 9.97. The van der Waals surface area contributed by atoms with E-state index in [1.54, 1.807) is 29.5 Å². The number of benzene rings is 1. The summed E-state index contributed by atoms with van der Waals surface area (Å²) < 4.78 is 5.14. The molecule has 1 aromatic carbocycles. The number of H-pyrrole nitrogens is 1. The highest BCUT2D eigenvalue weighted by Gasteiger charge is 2.20. The zero-order chi connectivity index (χ0) is 24.2. The molecule has 1 aliphatic carbocycles. The number of esters is 1. The fourth-order valence-corrected chi connectivity index (χ4v) is 5.83. The third-order valence-corrected chi connectivity index (χ3v) is 7.62. The number of carbonyl (C=O) groups excluding carboxylic acids is 3. The van der Waals surface area contributed by atoms with E-state index in [1.165, 1.54) is 23.6 Å². The molecule has 1 amide bonds. The van der Waals surface area contributed by atoms with E-state index < -0.39 is 12.6 Å². The Labute approximate surface area is 204 Å². The minimum Gasteiger partial charge on any atom is -0.457 e. The number of thioether (sulfide) groups is 1. The highest BCUT2D eigenvalue weighted by molar-refractivity contribution is 7.98. The number of aromatic amines is 1. The molecule has 2 heterocycles. The number of rotatable bonds is 8. The van der Waals surface area contributed by atoms with Gasteiger partial charge in [-0.25, -0.2) is 4.98 Å². The van der Waals surface area contributed by atoms with Crippen LogP contribution in [0.3, 0.4) is 0 Å². The Balaban J connectivity index is 1.35. The van der Waals surface area contributed by atoms with Gasteiger partial charge in [0.05, 0.1) is 17.5 Å². The molecule has 178 valence electrons. The van der Waals surface area contributed by atoms with Crippen molar-refractivity contribution in [3.05, 3.63) is 50.4 Å². The van der Waals surface area contributed by atoms with Gasteiger partial charge in [0.25, 0.3) is 5.56 Å². The van der Waals surface area contributed by atoms with Gasteiger partial charge in [0.2, 0.25) is 5.91 Å². The Kier molecular flexibility index (Phi) is 7.47. The van der Waals surface area contributed by atoms with Gasteiger partial charge >= 0.3 is 5.97 Å². The second-order valence-corrected chi connectivity index (χ2v) is 10.0. The number of hydrogen-bond acceptors (Lipinski definition) is 8. The number of hydrogen-bond donors (Lipinski definition) is 2. The number of nitrogens with zero attached hydrogens (tertiary/aromatic N) is 1. The molecule has 0 spiro atoms. The summed E-state index contributed by atoms with van der Waals surface area (Å²) in [4.78, 5) is 58.9. The third-order valence-electron chi connectivity index (χ3n) is 5.64. The number of anilines is 1.